The van der Waals surface area contributed by atoms with Gasteiger partial charge in [0.15, 0.2) is 11.5 Å². The maximum atomic E-state index is 13.2. The summed E-state index contributed by atoms with van der Waals surface area (Å²) >= 11 is 0. The lowest BCUT2D eigenvalue weighted by atomic mass is 9.82. The first-order chi connectivity index (χ1) is 12.9. The van der Waals surface area contributed by atoms with Crippen molar-refractivity contribution < 1.29 is 15.8 Å². The summed E-state index contributed by atoms with van der Waals surface area (Å²) in [6.07, 6.45) is 3.51. The van der Waals surface area contributed by atoms with Gasteiger partial charge in [0.1, 0.15) is 12.3 Å². The van der Waals surface area contributed by atoms with Crippen molar-refractivity contribution >= 4 is 11.6 Å². The Morgan fingerprint density at radius 3 is 2.43 bits per heavy atom. The second kappa shape index (κ2) is 7.87. The number of dihydropyridines is 1. The van der Waals surface area contributed by atoms with Gasteiger partial charge in [0.25, 0.3) is 5.56 Å². The van der Waals surface area contributed by atoms with Crippen LogP contribution < -0.4 is 10.9 Å². The summed E-state index contributed by atoms with van der Waals surface area (Å²) in [7, 11) is 0. The molecule has 1 aromatic rings. The minimum absolute atomic E-state index is 0. The third kappa shape index (κ3) is 3.26. The average Bonchev–Trinajstić information content (AvgIpc) is 3.38. The van der Waals surface area contributed by atoms with Gasteiger partial charge in [0.2, 0.25) is 5.78 Å². The molecule has 1 saturated heterocycles. The molecule has 1 N–H and O–H groups in total. The Balaban J connectivity index is 0.00000102. The van der Waals surface area contributed by atoms with Crippen molar-refractivity contribution in [3.8, 4) is 0 Å². The molecule has 1 atom stereocenters. The summed E-state index contributed by atoms with van der Waals surface area (Å²) in [6, 6.07) is 1.45. The van der Waals surface area contributed by atoms with E-state index in [0.29, 0.717) is 29.9 Å². The van der Waals surface area contributed by atoms with Gasteiger partial charge in [0.05, 0.1) is 16.8 Å². The Kier molecular flexibility index (Phi) is 6.14. The van der Waals surface area contributed by atoms with Gasteiger partial charge in [0, 0.05) is 14.0 Å². The van der Waals surface area contributed by atoms with Crippen LogP contribution >= 0.6 is 0 Å². The number of epoxide rings is 1. The third-order valence-electron chi connectivity index (χ3n) is 5.02. The topological polar surface area (TPSA) is 80.7 Å². The summed E-state index contributed by atoms with van der Waals surface area (Å²) in [4.78, 5) is 38.8. The van der Waals surface area contributed by atoms with Crippen molar-refractivity contribution in [3.63, 3.8) is 0 Å². The van der Waals surface area contributed by atoms with Gasteiger partial charge in [-0.05, 0) is 37.5 Å². The number of nitrogens with zero attached hydrogens (tertiary/aromatic N) is 1. The van der Waals surface area contributed by atoms with Crippen molar-refractivity contribution in [2.24, 2.45) is 0 Å². The van der Waals surface area contributed by atoms with Crippen LogP contribution in [-0.2, 0) is 11.3 Å². The van der Waals surface area contributed by atoms with Crippen LogP contribution in [0.25, 0.3) is 0 Å². The van der Waals surface area contributed by atoms with Crippen LogP contribution in [0.2, 0.25) is 0 Å². The standard InChI is InChI=1S/C19H20N2O4.C2H6.CH4.H2/c1-4-5-6-21-12(22)7-10(2)14-16(21)18(24)15-13(17(14)23)11(3)8-19(20-15)9-25-19;1-2;;/h7-8,20H,4-6,9H2,1-3H3;1-2H3;1H4;1H. The molecule has 6 heteroatoms. The fourth-order valence-corrected chi connectivity index (χ4v) is 3.70. The van der Waals surface area contributed by atoms with Gasteiger partial charge in [-0.2, -0.15) is 0 Å². The largest absolute Gasteiger partial charge is 0.349 e. The summed E-state index contributed by atoms with van der Waals surface area (Å²) < 4.78 is 6.87. The number of Topliss-reactive ketones (excluding diaryl/α,β-unsaturated/α-hetero) is 2. The van der Waals surface area contributed by atoms with Gasteiger partial charge in [-0.25, -0.2) is 0 Å². The van der Waals surface area contributed by atoms with Crippen molar-refractivity contribution in [2.45, 2.75) is 67.2 Å². The minimum atomic E-state index is -0.672. The molecule has 2 aliphatic heterocycles. The second-order valence-corrected chi connectivity index (χ2v) is 6.93. The molecule has 4 rings (SSSR count). The molecule has 0 amide bonds. The van der Waals surface area contributed by atoms with Crippen LogP contribution in [0.3, 0.4) is 0 Å². The molecule has 0 bridgehead atoms. The van der Waals surface area contributed by atoms with E-state index in [9.17, 15) is 14.4 Å². The van der Waals surface area contributed by atoms with E-state index in [4.69, 9.17) is 4.74 Å². The molecule has 1 aliphatic carbocycles. The SMILES string of the molecule is C.CC.CCCCn1c2c(c(C)cc1=O)C(=O)C1=C(NC3(C=C1C)CO3)C2=O.[HH]. The predicted octanol–water partition coefficient (Wildman–Crippen LogP) is 3.77. The Morgan fingerprint density at radius 2 is 1.86 bits per heavy atom. The first kappa shape index (κ1) is 21.8. The molecule has 0 saturated carbocycles. The molecule has 1 unspecified atom stereocenters. The zero-order valence-electron chi connectivity index (χ0n) is 16.6. The first-order valence-corrected chi connectivity index (χ1v) is 9.58. The molecule has 1 fully saturated rings. The lowest BCUT2D eigenvalue weighted by molar-refractivity contribution is 0.0952. The van der Waals surface area contributed by atoms with Crippen LogP contribution in [0.1, 0.15) is 75.8 Å². The summed E-state index contributed by atoms with van der Waals surface area (Å²) in [5.74, 6) is -0.507. The Labute approximate surface area is 167 Å². The highest BCUT2D eigenvalue weighted by atomic mass is 16.6. The van der Waals surface area contributed by atoms with Crippen molar-refractivity contribution in [1.82, 2.24) is 9.88 Å². The number of pyridine rings is 1. The fourth-order valence-electron chi connectivity index (χ4n) is 3.70. The normalized spacial score (nSPS) is 21.7. The van der Waals surface area contributed by atoms with E-state index in [0.717, 1.165) is 18.4 Å². The van der Waals surface area contributed by atoms with Crippen molar-refractivity contribution in [3.05, 3.63) is 56.2 Å². The highest BCUT2D eigenvalue weighted by Crippen LogP contribution is 2.39. The zero-order valence-corrected chi connectivity index (χ0v) is 16.6. The lowest BCUT2D eigenvalue weighted by Gasteiger charge is -2.30. The molecular weight excluding hydrogens is 356 g/mol. The summed E-state index contributed by atoms with van der Waals surface area (Å²) in [5, 5.41) is 3.07. The van der Waals surface area contributed by atoms with Crippen molar-refractivity contribution in [2.75, 3.05) is 6.61 Å². The molecule has 1 spiro atoms. The maximum Gasteiger partial charge on any atom is 0.251 e. The molecule has 0 aromatic carbocycles. The zero-order chi connectivity index (χ0) is 19.9. The van der Waals surface area contributed by atoms with Gasteiger partial charge in [-0.3, -0.25) is 14.4 Å². The number of aryl methyl sites for hydroxylation is 1. The third-order valence-corrected chi connectivity index (χ3v) is 5.02. The van der Waals surface area contributed by atoms with Crippen LogP contribution in [0.5, 0.6) is 0 Å². The van der Waals surface area contributed by atoms with Gasteiger partial charge in [-0.15, -0.1) is 0 Å². The Hall–Kier alpha value is -2.47. The number of allylic oxidation sites excluding steroid dienone is 3. The predicted molar refractivity (Wildman–Crippen MR) is 112 cm³/mol. The number of fused-ring (bicyclic) bond motifs is 1. The van der Waals surface area contributed by atoms with Crippen LogP contribution in [0.15, 0.2) is 33.8 Å². The number of nitrogens with one attached hydrogen (secondary N) is 1. The van der Waals surface area contributed by atoms with E-state index in [1.54, 1.807) is 6.92 Å². The Bertz CT molecular complexity index is 952. The minimum Gasteiger partial charge on any atom is -0.349 e. The van der Waals surface area contributed by atoms with E-state index in [-0.39, 0.29) is 37.4 Å². The fraction of sp³-hybridized carbons (Fsp3) is 0.500. The highest BCUT2D eigenvalue weighted by Gasteiger charge is 2.50. The molecule has 0 radical (unpaired) electrons. The number of aromatic nitrogens is 1. The summed E-state index contributed by atoms with van der Waals surface area (Å²) in [6.45, 7) is 10.4. The number of ether oxygens (including phenoxy) is 1. The van der Waals surface area contributed by atoms with E-state index in [1.807, 2.05) is 33.8 Å². The Morgan fingerprint density at radius 1 is 1.21 bits per heavy atom. The number of ketones is 2. The van der Waals surface area contributed by atoms with E-state index < -0.39 is 5.72 Å². The quantitative estimate of drug-likeness (QED) is 0.797. The number of hydrogen-bond donors (Lipinski definition) is 1. The molecule has 3 aliphatic rings. The van der Waals surface area contributed by atoms with E-state index >= 15 is 0 Å². The summed E-state index contributed by atoms with van der Waals surface area (Å²) in [5.41, 5.74) is 1.58. The van der Waals surface area contributed by atoms with Crippen molar-refractivity contribution in [1.29, 1.82) is 0 Å². The second-order valence-electron chi connectivity index (χ2n) is 6.93. The number of unbranched alkanes of at least 4 members (excludes halogenated alkanes) is 1. The molecule has 28 heavy (non-hydrogen) atoms. The van der Waals surface area contributed by atoms with Crippen LogP contribution in [0, 0.1) is 6.92 Å². The van der Waals surface area contributed by atoms with Gasteiger partial charge < -0.3 is 14.6 Å². The molecule has 1 aromatic heterocycles. The van der Waals surface area contributed by atoms with Gasteiger partial charge >= 0.3 is 0 Å². The van der Waals surface area contributed by atoms with E-state index in [2.05, 4.69) is 5.32 Å². The molecule has 3 heterocycles. The molecular formula is C22H32N2O4. The number of hydrogen-bond acceptors (Lipinski definition) is 5. The first-order valence-electron chi connectivity index (χ1n) is 9.58. The van der Waals surface area contributed by atoms with Crippen LogP contribution in [-0.4, -0.2) is 28.5 Å². The average molecular weight is 389 g/mol. The van der Waals surface area contributed by atoms with Gasteiger partial charge in [-0.1, -0.05) is 34.6 Å². The van der Waals surface area contributed by atoms with E-state index in [1.165, 1.54) is 10.6 Å². The molecule has 154 valence electrons. The smallest absolute Gasteiger partial charge is 0.251 e. The maximum absolute atomic E-state index is 13.2. The monoisotopic (exact) mass is 388 g/mol. The highest BCUT2D eigenvalue weighted by molar-refractivity contribution is 6.28. The number of rotatable bonds is 3. The molecule has 6 nitrogen and oxygen atoms in total. The lowest BCUT2D eigenvalue weighted by Crippen LogP contribution is -2.44. The number of carbonyl (C=O) groups excluding carboxylic acids is 2. The number of carbonyl (C=O) groups is 2. The van der Waals surface area contributed by atoms with Crippen LogP contribution in [0.4, 0.5) is 0 Å².